The number of hydrogen-bond acceptors (Lipinski definition) is 8. The van der Waals surface area contributed by atoms with E-state index in [9.17, 15) is 27.2 Å². The molecule has 2 heterocycles. The average molecular weight is 652 g/mol. The fraction of sp³-hybridized carbons (Fsp3) is 0.250. The molecule has 1 aliphatic rings. The van der Waals surface area contributed by atoms with E-state index in [1.807, 2.05) is 12.1 Å². The Morgan fingerprint density at radius 3 is 2.23 bits per heavy atom. The zero-order valence-electron chi connectivity index (χ0n) is 25.8. The maximum Gasteiger partial charge on any atom is 0.416 e. The molecule has 5 rings (SSSR count). The van der Waals surface area contributed by atoms with Gasteiger partial charge in [-0.3, -0.25) is 4.79 Å². The lowest BCUT2D eigenvalue weighted by Gasteiger charge is -2.35. The van der Waals surface area contributed by atoms with Crippen LogP contribution in [-0.4, -0.2) is 74.1 Å². The molecular weight excluding hydrogens is 618 g/mol. The van der Waals surface area contributed by atoms with Gasteiger partial charge in [0.1, 0.15) is 11.6 Å². The number of carbonyl (C=O) groups excluding carboxylic acids is 2. The first-order valence-electron chi connectivity index (χ1n) is 14.6. The van der Waals surface area contributed by atoms with Crippen LogP contribution in [0.2, 0.25) is 0 Å². The Bertz CT molecular complexity index is 1740. The standard InChI is InChI=1S/C32H33F4N9O2/c1-37-29(46)26-19-23(6-9-27(26)45-14-12-43(2)13-15-45)39-30-38-11-10-28(42-30)44(3)25-7-4-22(5-8-25)40-31(47)41-24-17-20(32(34,35)36)16-21(33)18-24/h4-11,16-19H,12-15H2,1-3H3,(H,37,46)(H,38,39,42)(H2,40,41,47). The molecule has 1 aliphatic heterocycles. The van der Waals surface area contributed by atoms with Crippen LogP contribution in [0.3, 0.4) is 0 Å². The van der Waals surface area contributed by atoms with Crippen molar-refractivity contribution < 1.29 is 27.2 Å². The monoisotopic (exact) mass is 651 g/mol. The topological polar surface area (TPSA) is 118 Å². The Morgan fingerprint density at radius 2 is 1.55 bits per heavy atom. The molecule has 4 N–H and O–H groups in total. The quantitative estimate of drug-likeness (QED) is 0.174. The highest BCUT2D eigenvalue weighted by Crippen LogP contribution is 2.32. The molecule has 246 valence electrons. The Balaban J connectivity index is 1.24. The van der Waals surface area contributed by atoms with Crippen molar-refractivity contribution in [1.82, 2.24) is 20.2 Å². The van der Waals surface area contributed by atoms with E-state index >= 15 is 0 Å². The summed E-state index contributed by atoms with van der Waals surface area (Å²) in [4.78, 5) is 40.3. The van der Waals surface area contributed by atoms with E-state index in [-0.39, 0.29) is 11.6 Å². The number of piperazine rings is 1. The van der Waals surface area contributed by atoms with Crippen LogP contribution < -0.4 is 31.1 Å². The molecule has 3 aromatic carbocycles. The van der Waals surface area contributed by atoms with Crippen molar-refractivity contribution in [2.75, 3.05) is 73.1 Å². The van der Waals surface area contributed by atoms with Crippen molar-refractivity contribution in [2.24, 2.45) is 0 Å². The first kappa shape index (κ1) is 32.9. The molecule has 1 saturated heterocycles. The summed E-state index contributed by atoms with van der Waals surface area (Å²) >= 11 is 0. The molecule has 0 unspecified atom stereocenters. The molecule has 1 aromatic heterocycles. The predicted molar refractivity (Wildman–Crippen MR) is 173 cm³/mol. The summed E-state index contributed by atoms with van der Waals surface area (Å²) in [5.41, 5.74) is 1.55. The molecule has 3 amide bonds. The molecule has 0 radical (unpaired) electrons. The summed E-state index contributed by atoms with van der Waals surface area (Å²) in [6.45, 7) is 3.44. The van der Waals surface area contributed by atoms with E-state index in [0.717, 1.165) is 37.9 Å². The molecule has 0 spiro atoms. The van der Waals surface area contributed by atoms with Crippen molar-refractivity contribution in [3.05, 3.63) is 89.9 Å². The number of aromatic nitrogens is 2. The third-order valence-corrected chi connectivity index (χ3v) is 7.55. The molecule has 1 fully saturated rings. The van der Waals surface area contributed by atoms with Crippen LogP contribution in [0.4, 0.5) is 62.6 Å². The van der Waals surface area contributed by atoms with Crippen LogP contribution in [0.1, 0.15) is 15.9 Å². The third kappa shape index (κ3) is 8.24. The van der Waals surface area contributed by atoms with Crippen molar-refractivity contribution in [2.45, 2.75) is 6.18 Å². The minimum absolute atomic E-state index is 0.197. The minimum atomic E-state index is -4.76. The molecule has 47 heavy (non-hydrogen) atoms. The van der Waals surface area contributed by atoms with Gasteiger partial charge in [0.25, 0.3) is 5.91 Å². The highest BCUT2D eigenvalue weighted by Gasteiger charge is 2.31. The molecule has 11 nitrogen and oxygen atoms in total. The van der Waals surface area contributed by atoms with Crippen molar-refractivity contribution in [3.63, 3.8) is 0 Å². The highest BCUT2D eigenvalue weighted by atomic mass is 19.4. The summed E-state index contributed by atoms with van der Waals surface area (Å²) in [6.07, 6.45) is -3.17. The summed E-state index contributed by atoms with van der Waals surface area (Å²) in [6, 6.07) is 14.9. The zero-order valence-corrected chi connectivity index (χ0v) is 25.8. The molecule has 4 aromatic rings. The van der Waals surface area contributed by atoms with E-state index in [0.29, 0.717) is 46.5 Å². The first-order chi connectivity index (χ1) is 22.4. The number of alkyl halides is 3. The Labute approximate surface area is 268 Å². The maximum absolute atomic E-state index is 13.7. The number of urea groups is 1. The van der Waals surface area contributed by atoms with Gasteiger partial charge in [0, 0.05) is 74.9 Å². The molecule has 0 atom stereocenters. The van der Waals surface area contributed by atoms with Gasteiger partial charge in [-0.15, -0.1) is 0 Å². The van der Waals surface area contributed by atoms with Gasteiger partial charge in [-0.1, -0.05) is 0 Å². The maximum atomic E-state index is 13.7. The van der Waals surface area contributed by atoms with E-state index in [2.05, 4.69) is 48.1 Å². The van der Waals surface area contributed by atoms with E-state index < -0.39 is 23.6 Å². The van der Waals surface area contributed by atoms with Crippen LogP contribution in [0.5, 0.6) is 0 Å². The Kier molecular flexibility index (Phi) is 9.75. The van der Waals surface area contributed by atoms with Crippen LogP contribution >= 0.6 is 0 Å². The lowest BCUT2D eigenvalue weighted by Crippen LogP contribution is -2.45. The van der Waals surface area contributed by atoms with Gasteiger partial charge in [-0.2, -0.15) is 18.2 Å². The Hall–Kier alpha value is -5.44. The lowest BCUT2D eigenvalue weighted by atomic mass is 10.1. The fourth-order valence-electron chi connectivity index (χ4n) is 5.00. The normalized spacial score (nSPS) is 13.6. The SMILES string of the molecule is CNC(=O)c1cc(Nc2nccc(N(C)c3ccc(NC(=O)Nc4cc(F)cc(C(F)(F)F)c4)cc3)n2)ccc1N1CCN(C)CC1. The van der Waals surface area contributed by atoms with Gasteiger partial charge in [0.15, 0.2) is 0 Å². The van der Waals surface area contributed by atoms with Crippen LogP contribution in [0, 0.1) is 5.82 Å². The van der Waals surface area contributed by atoms with E-state index in [1.165, 1.54) is 0 Å². The summed E-state index contributed by atoms with van der Waals surface area (Å²) in [7, 11) is 5.46. The lowest BCUT2D eigenvalue weighted by molar-refractivity contribution is -0.137. The van der Waals surface area contributed by atoms with Crippen LogP contribution in [-0.2, 0) is 6.18 Å². The Morgan fingerprint density at radius 1 is 0.872 bits per heavy atom. The number of carbonyl (C=O) groups is 2. The van der Waals surface area contributed by atoms with Crippen LogP contribution in [0.25, 0.3) is 0 Å². The summed E-state index contributed by atoms with van der Waals surface area (Å²) < 4.78 is 52.6. The van der Waals surface area contributed by atoms with E-state index in [4.69, 9.17) is 0 Å². The first-order valence-corrected chi connectivity index (χ1v) is 14.6. The van der Waals surface area contributed by atoms with Gasteiger partial charge in [-0.25, -0.2) is 14.2 Å². The number of rotatable bonds is 8. The second-order valence-corrected chi connectivity index (χ2v) is 10.9. The zero-order chi connectivity index (χ0) is 33.7. The summed E-state index contributed by atoms with van der Waals surface area (Å²) in [5.74, 6) is -0.464. The fourth-order valence-corrected chi connectivity index (χ4v) is 5.00. The van der Waals surface area contributed by atoms with Crippen LogP contribution in [0.15, 0.2) is 72.9 Å². The second kappa shape index (κ2) is 13.9. The molecule has 0 bridgehead atoms. The molecular formula is C32H33F4N9O2. The number of halogens is 4. The predicted octanol–water partition coefficient (Wildman–Crippen LogP) is 5.90. The largest absolute Gasteiger partial charge is 0.416 e. The van der Waals surface area contributed by atoms with Crippen molar-refractivity contribution in [1.29, 1.82) is 0 Å². The van der Waals surface area contributed by atoms with Gasteiger partial charge in [0.2, 0.25) is 5.95 Å². The summed E-state index contributed by atoms with van der Waals surface area (Å²) in [5, 5.41) is 10.6. The van der Waals surface area contributed by atoms with Crippen molar-refractivity contribution >= 4 is 52.1 Å². The number of likely N-dealkylation sites (N-methyl/N-ethyl adjacent to an activating group) is 1. The average Bonchev–Trinajstić information content (AvgIpc) is 3.04. The number of benzene rings is 3. The number of hydrogen-bond donors (Lipinski definition) is 4. The minimum Gasteiger partial charge on any atom is -0.368 e. The number of nitrogens with one attached hydrogen (secondary N) is 4. The molecule has 15 heteroatoms. The second-order valence-electron chi connectivity index (χ2n) is 10.9. The van der Waals surface area contributed by atoms with Gasteiger partial charge < -0.3 is 36.0 Å². The van der Waals surface area contributed by atoms with Gasteiger partial charge in [-0.05, 0) is 73.8 Å². The highest BCUT2D eigenvalue weighted by molar-refractivity contribution is 6.01. The molecule has 0 aliphatic carbocycles. The van der Waals surface area contributed by atoms with Gasteiger partial charge in [0.05, 0.1) is 11.1 Å². The number of anilines is 7. The van der Waals surface area contributed by atoms with E-state index in [1.54, 1.807) is 61.6 Å². The smallest absolute Gasteiger partial charge is 0.368 e. The van der Waals surface area contributed by atoms with Crippen molar-refractivity contribution in [3.8, 4) is 0 Å². The van der Waals surface area contributed by atoms with Gasteiger partial charge >= 0.3 is 12.2 Å². The number of nitrogens with zero attached hydrogens (tertiary/aromatic N) is 5. The third-order valence-electron chi connectivity index (χ3n) is 7.55. The number of amides is 3. The molecule has 0 saturated carbocycles.